The van der Waals surface area contributed by atoms with Crippen LogP contribution < -0.4 is 4.90 Å². The van der Waals surface area contributed by atoms with Crippen molar-refractivity contribution in [3.8, 4) is 11.3 Å². The number of carbonyl (C=O) groups excluding carboxylic acids is 1. The van der Waals surface area contributed by atoms with Crippen LogP contribution >= 0.6 is 11.8 Å². The molecule has 6 rings (SSSR count). The zero-order chi connectivity index (χ0) is 31.2. The van der Waals surface area contributed by atoms with Gasteiger partial charge in [0.05, 0.1) is 18.4 Å². The summed E-state index contributed by atoms with van der Waals surface area (Å²) in [6, 6.07) is 7.65. The molecule has 2 aromatic carbocycles. The fourth-order valence-corrected chi connectivity index (χ4v) is 7.53. The van der Waals surface area contributed by atoms with Crippen LogP contribution in [0.1, 0.15) is 24.4 Å². The molecule has 1 amide bonds. The Morgan fingerprint density at radius 2 is 1.82 bits per heavy atom. The number of rotatable bonds is 7. The molecule has 0 bridgehead atoms. The number of hydrogen-bond acceptors (Lipinski definition) is 10. The maximum Gasteiger partial charge on any atom is 0.243 e. The minimum Gasteiger partial charge on any atom is -0.394 e. The molecule has 11 nitrogen and oxygen atoms in total. The second kappa shape index (κ2) is 12.4. The molecule has 236 valence electrons. The van der Waals surface area contributed by atoms with Crippen molar-refractivity contribution in [3.05, 3.63) is 65.6 Å². The van der Waals surface area contributed by atoms with Gasteiger partial charge in [-0.2, -0.15) is 0 Å². The van der Waals surface area contributed by atoms with E-state index in [0.29, 0.717) is 13.0 Å². The number of para-hydroxylation sites is 1. The molecular formula is C29H31F3N4O7S. The number of benzene rings is 2. The Morgan fingerprint density at radius 1 is 1.11 bits per heavy atom. The van der Waals surface area contributed by atoms with Crippen molar-refractivity contribution in [1.29, 1.82) is 0 Å². The summed E-state index contributed by atoms with van der Waals surface area (Å²) < 4.78 is 53.6. The van der Waals surface area contributed by atoms with Crippen molar-refractivity contribution < 1.29 is 47.9 Å². The van der Waals surface area contributed by atoms with Gasteiger partial charge in [-0.3, -0.25) is 4.79 Å². The van der Waals surface area contributed by atoms with Gasteiger partial charge in [0.1, 0.15) is 40.7 Å². The van der Waals surface area contributed by atoms with Crippen LogP contribution in [0.25, 0.3) is 11.3 Å². The second-order valence-electron chi connectivity index (χ2n) is 11.1. The number of aliphatic hydroxyl groups is 4. The second-order valence-corrected chi connectivity index (χ2v) is 12.3. The maximum atomic E-state index is 14.2. The van der Waals surface area contributed by atoms with Crippen LogP contribution in [0.4, 0.5) is 18.9 Å². The minimum absolute atomic E-state index is 0.0734. The highest BCUT2D eigenvalue weighted by atomic mass is 32.2. The smallest absolute Gasteiger partial charge is 0.243 e. The first kappa shape index (κ1) is 31.0. The lowest BCUT2D eigenvalue weighted by molar-refractivity contribution is -0.179. The number of amides is 1. The Balaban J connectivity index is 1.31. The van der Waals surface area contributed by atoms with Crippen LogP contribution in [0.2, 0.25) is 0 Å². The number of fused-ring (bicyclic) bond motifs is 1. The number of thioether (sulfide) groups is 1. The molecule has 0 radical (unpaired) electrons. The van der Waals surface area contributed by atoms with Gasteiger partial charge in [-0.25, -0.2) is 17.9 Å². The van der Waals surface area contributed by atoms with Crippen LogP contribution in [0.15, 0.2) is 42.6 Å². The van der Waals surface area contributed by atoms with Gasteiger partial charge >= 0.3 is 0 Å². The van der Waals surface area contributed by atoms with E-state index in [1.165, 1.54) is 6.20 Å². The van der Waals surface area contributed by atoms with Crippen molar-refractivity contribution in [1.82, 2.24) is 15.0 Å². The molecule has 0 aliphatic carbocycles. The summed E-state index contributed by atoms with van der Waals surface area (Å²) in [7, 11) is 0. The highest BCUT2D eigenvalue weighted by molar-refractivity contribution is 8.01. The monoisotopic (exact) mass is 636 g/mol. The number of nitrogens with zero attached hydrogens (tertiary/aromatic N) is 4. The van der Waals surface area contributed by atoms with Gasteiger partial charge < -0.3 is 34.8 Å². The molecule has 0 saturated carbocycles. The summed E-state index contributed by atoms with van der Waals surface area (Å²) in [6.07, 6.45) is -2.15. The first-order valence-corrected chi connectivity index (χ1v) is 15.1. The van der Waals surface area contributed by atoms with Gasteiger partial charge in [0.2, 0.25) is 5.91 Å². The Bertz CT molecular complexity index is 1500. The van der Waals surface area contributed by atoms with Gasteiger partial charge in [-0.15, -0.1) is 16.9 Å². The standard InChI is InChI=1S/C29H31F3N4O7S/c30-17-11-16(12-18(31)22(17)32)19-13-36(34-33-19)23-24(38)21(14-37)43-28(25(23)39)44-26(29(41)6-9-42-10-7-29)27(40)35-8-5-15-3-1-2-4-20(15)35/h1-4,11-13,21,23-26,28,37-39,41H,5-10,14H2/t21-,23+,24+,25-,26-,28+/m1/s1. The molecule has 4 N–H and O–H groups in total. The number of aromatic nitrogens is 3. The van der Waals surface area contributed by atoms with Gasteiger partial charge in [0.15, 0.2) is 17.5 Å². The summed E-state index contributed by atoms with van der Waals surface area (Å²) in [4.78, 5) is 15.8. The van der Waals surface area contributed by atoms with Crippen LogP contribution in [0.3, 0.4) is 0 Å². The molecule has 15 heteroatoms. The van der Waals surface area contributed by atoms with Crippen molar-refractivity contribution in [2.24, 2.45) is 0 Å². The lowest BCUT2D eigenvalue weighted by Gasteiger charge is -2.45. The normalized spacial score (nSPS) is 27.2. The highest BCUT2D eigenvalue weighted by Gasteiger charge is 2.52. The van der Waals surface area contributed by atoms with Crippen molar-refractivity contribution in [2.45, 2.75) is 59.9 Å². The molecule has 0 spiro atoms. The van der Waals surface area contributed by atoms with E-state index in [2.05, 4.69) is 10.3 Å². The van der Waals surface area contributed by atoms with Gasteiger partial charge in [0.25, 0.3) is 0 Å². The molecular weight excluding hydrogens is 605 g/mol. The third-order valence-corrected chi connectivity index (χ3v) is 10.0. The summed E-state index contributed by atoms with van der Waals surface area (Å²) in [5, 5.41) is 51.1. The van der Waals surface area contributed by atoms with E-state index in [4.69, 9.17) is 9.47 Å². The van der Waals surface area contributed by atoms with Gasteiger partial charge in [0, 0.05) is 43.9 Å². The summed E-state index contributed by atoms with van der Waals surface area (Å²) in [5.41, 5.74) is -1.24. The van der Waals surface area contributed by atoms with E-state index < -0.39 is 64.7 Å². The lowest BCUT2D eigenvalue weighted by atomic mass is 9.89. The number of halogens is 3. The molecule has 44 heavy (non-hydrogen) atoms. The Hall–Kier alpha value is -3.05. The fourth-order valence-electron chi connectivity index (χ4n) is 6.00. The quantitative estimate of drug-likeness (QED) is 0.282. The molecule has 3 aliphatic heterocycles. The molecule has 2 fully saturated rings. The zero-order valence-electron chi connectivity index (χ0n) is 23.3. The predicted octanol–water partition coefficient (Wildman–Crippen LogP) is 1.58. The highest BCUT2D eigenvalue weighted by Crippen LogP contribution is 2.43. The molecule has 6 atom stereocenters. The van der Waals surface area contributed by atoms with Crippen molar-refractivity contribution in [3.63, 3.8) is 0 Å². The summed E-state index contributed by atoms with van der Waals surface area (Å²) >= 11 is 0.883. The van der Waals surface area contributed by atoms with Crippen LogP contribution in [-0.4, -0.2) is 102 Å². The van der Waals surface area contributed by atoms with Gasteiger partial charge in [-0.1, -0.05) is 23.4 Å². The Morgan fingerprint density at radius 3 is 2.52 bits per heavy atom. The van der Waals surface area contributed by atoms with Crippen LogP contribution in [-0.2, 0) is 20.7 Å². The van der Waals surface area contributed by atoms with E-state index >= 15 is 0 Å². The average molecular weight is 637 g/mol. The average Bonchev–Trinajstić information content (AvgIpc) is 3.67. The number of ether oxygens (including phenoxy) is 2. The van der Waals surface area contributed by atoms with E-state index in [1.807, 2.05) is 24.3 Å². The number of aliphatic hydroxyl groups excluding tert-OH is 3. The Labute approximate surface area is 254 Å². The molecule has 4 heterocycles. The summed E-state index contributed by atoms with van der Waals surface area (Å²) in [5.74, 6) is -4.89. The van der Waals surface area contributed by atoms with E-state index in [9.17, 15) is 38.4 Å². The molecule has 3 aliphatic rings. The van der Waals surface area contributed by atoms with E-state index in [0.717, 1.165) is 39.8 Å². The molecule has 3 aromatic rings. The fraction of sp³-hybridized carbons (Fsp3) is 0.483. The first-order chi connectivity index (χ1) is 21.1. The maximum absolute atomic E-state index is 14.2. The van der Waals surface area contributed by atoms with Crippen molar-refractivity contribution in [2.75, 3.05) is 31.3 Å². The number of hydrogen-bond donors (Lipinski definition) is 4. The molecule has 0 unspecified atom stereocenters. The van der Waals surface area contributed by atoms with Crippen LogP contribution in [0, 0.1) is 17.5 Å². The minimum atomic E-state index is -1.64. The first-order valence-electron chi connectivity index (χ1n) is 14.2. The van der Waals surface area contributed by atoms with E-state index in [-0.39, 0.29) is 43.2 Å². The van der Waals surface area contributed by atoms with Crippen molar-refractivity contribution >= 4 is 23.4 Å². The largest absolute Gasteiger partial charge is 0.394 e. The number of anilines is 1. The van der Waals surface area contributed by atoms with E-state index in [1.54, 1.807) is 4.90 Å². The Kier molecular flexibility index (Phi) is 8.71. The third kappa shape index (κ3) is 5.62. The number of carbonyl (C=O) groups is 1. The zero-order valence-corrected chi connectivity index (χ0v) is 24.1. The van der Waals surface area contributed by atoms with Gasteiger partial charge in [-0.05, 0) is 30.2 Å². The molecule has 1 aromatic heterocycles. The predicted molar refractivity (Wildman–Crippen MR) is 151 cm³/mol. The third-order valence-electron chi connectivity index (χ3n) is 8.44. The summed E-state index contributed by atoms with van der Waals surface area (Å²) in [6.45, 7) is 0.188. The molecule has 2 saturated heterocycles. The topological polar surface area (TPSA) is 150 Å². The SMILES string of the molecule is O=C([C@@H](S[C@@H]1O[C@H](CO)[C@H](O)[C@H](n2cc(-c3cc(F)c(F)c(F)c3)nn2)[C@H]1O)C1(O)CCOCC1)N1CCc2ccccc21. The lowest BCUT2D eigenvalue weighted by Crippen LogP contribution is -2.58. The van der Waals surface area contributed by atoms with Crippen LogP contribution in [0.5, 0.6) is 0 Å².